The van der Waals surface area contributed by atoms with Crippen LogP contribution in [0, 0.1) is 0 Å². The number of amides is 1. The van der Waals surface area contributed by atoms with E-state index in [0.717, 1.165) is 42.6 Å². The maximum Gasteiger partial charge on any atom is 0.343 e. The van der Waals surface area contributed by atoms with Gasteiger partial charge in [0.15, 0.2) is 6.23 Å². The summed E-state index contributed by atoms with van der Waals surface area (Å²) >= 11 is 0. The number of fused-ring (bicyclic) bond motifs is 1. The zero-order chi connectivity index (χ0) is 21.1. The molecule has 0 spiro atoms. The number of esters is 1. The average molecular weight is 406 g/mol. The number of anilines is 1. The topological polar surface area (TPSA) is 71.8 Å². The highest BCUT2D eigenvalue weighted by Gasteiger charge is 2.23. The third-order valence-corrected chi connectivity index (χ3v) is 5.44. The van der Waals surface area contributed by atoms with E-state index in [1.165, 1.54) is 13.3 Å². The Morgan fingerprint density at radius 2 is 1.80 bits per heavy atom. The summed E-state index contributed by atoms with van der Waals surface area (Å²) < 4.78 is 11.8. The normalized spacial score (nSPS) is 15.7. The Labute approximate surface area is 175 Å². The molecule has 156 valence electrons. The van der Waals surface area contributed by atoms with E-state index >= 15 is 0 Å². The van der Waals surface area contributed by atoms with Crippen molar-refractivity contribution >= 4 is 28.5 Å². The fourth-order valence-electron chi connectivity index (χ4n) is 3.86. The van der Waals surface area contributed by atoms with Crippen molar-refractivity contribution in [3.8, 4) is 11.3 Å². The molecule has 1 aliphatic rings. The summed E-state index contributed by atoms with van der Waals surface area (Å²) in [4.78, 5) is 26.2. The van der Waals surface area contributed by atoms with Crippen LogP contribution in [0.15, 0.2) is 52.9 Å². The van der Waals surface area contributed by atoms with Crippen molar-refractivity contribution in [3.05, 3.63) is 54.1 Å². The second-order valence-electron chi connectivity index (χ2n) is 7.69. The van der Waals surface area contributed by atoms with Crippen LogP contribution >= 0.6 is 0 Å². The molecule has 6 nitrogen and oxygen atoms in total. The van der Waals surface area contributed by atoms with Crippen LogP contribution in [0.3, 0.4) is 0 Å². The number of nitrogens with zero attached hydrogens (tertiary/aromatic N) is 1. The Balaban J connectivity index is 1.56. The number of para-hydroxylation sites is 1. The van der Waals surface area contributed by atoms with E-state index in [1.807, 2.05) is 49.4 Å². The highest BCUT2D eigenvalue weighted by atomic mass is 16.6. The monoisotopic (exact) mass is 406 g/mol. The molecule has 0 aliphatic carbocycles. The van der Waals surface area contributed by atoms with Crippen LogP contribution < -0.4 is 5.32 Å². The van der Waals surface area contributed by atoms with E-state index in [9.17, 15) is 9.59 Å². The maximum atomic E-state index is 12.9. The molecule has 0 saturated carbocycles. The Morgan fingerprint density at radius 1 is 1.07 bits per heavy atom. The number of hydrogen-bond donors (Lipinski definition) is 1. The fourth-order valence-corrected chi connectivity index (χ4v) is 3.86. The van der Waals surface area contributed by atoms with Gasteiger partial charge in [-0.1, -0.05) is 18.6 Å². The summed E-state index contributed by atoms with van der Waals surface area (Å²) in [5.74, 6) is 0.165. The van der Waals surface area contributed by atoms with Crippen molar-refractivity contribution < 1.29 is 18.7 Å². The second-order valence-corrected chi connectivity index (χ2v) is 7.69. The molecule has 0 radical (unpaired) electrons. The summed E-state index contributed by atoms with van der Waals surface area (Å²) in [6.45, 7) is 5.31. The van der Waals surface area contributed by atoms with Crippen LogP contribution in [0.25, 0.3) is 22.3 Å². The molecule has 2 aromatic carbocycles. The summed E-state index contributed by atoms with van der Waals surface area (Å²) in [7, 11) is 0. The van der Waals surface area contributed by atoms with E-state index < -0.39 is 0 Å². The van der Waals surface area contributed by atoms with Gasteiger partial charge in [0.25, 0.3) is 0 Å². The van der Waals surface area contributed by atoms with Gasteiger partial charge in [0.2, 0.25) is 5.91 Å². The maximum absolute atomic E-state index is 12.9. The van der Waals surface area contributed by atoms with Gasteiger partial charge in [0.05, 0.1) is 0 Å². The highest BCUT2D eigenvalue weighted by Crippen LogP contribution is 2.31. The largest absolute Gasteiger partial charge is 0.455 e. The fraction of sp³-hybridized carbons (Fsp3) is 0.333. The van der Waals surface area contributed by atoms with Crippen LogP contribution in [0.4, 0.5) is 5.69 Å². The second kappa shape index (κ2) is 8.71. The molecular formula is C24H26N2O4. The molecule has 3 aromatic rings. The van der Waals surface area contributed by atoms with E-state index in [2.05, 4.69) is 10.2 Å². The van der Waals surface area contributed by atoms with Gasteiger partial charge < -0.3 is 14.5 Å². The molecule has 1 amide bonds. The molecule has 1 saturated heterocycles. The van der Waals surface area contributed by atoms with Gasteiger partial charge in [0.1, 0.15) is 16.9 Å². The van der Waals surface area contributed by atoms with Crippen molar-refractivity contribution in [1.29, 1.82) is 0 Å². The predicted octanol–water partition coefficient (Wildman–Crippen LogP) is 5.05. The van der Waals surface area contributed by atoms with E-state index in [0.29, 0.717) is 16.9 Å². The molecule has 1 unspecified atom stereocenters. The molecule has 1 aromatic heterocycles. The zero-order valence-electron chi connectivity index (χ0n) is 17.3. The number of nitrogens with one attached hydrogen (secondary N) is 1. The van der Waals surface area contributed by atoms with Crippen LogP contribution in [-0.4, -0.2) is 36.1 Å². The third kappa shape index (κ3) is 4.39. The molecule has 4 rings (SSSR count). The number of piperidine rings is 1. The Kier molecular flexibility index (Phi) is 5.86. The summed E-state index contributed by atoms with van der Waals surface area (Å²) in [6, 6.07) is 14.8. The highest BCUT2D eigenvalue weighted by molar-refractivity contribution is 6.03. The summed E-state index contributed by atoms with van der Waals surface area (Å²) in [5, 5.41) is 3.59. The van der Waals surface area contributed by atoms with Gasteiger partial charge in [0, 0.05) is 36.7 Å². The number of carbonyl (C=O) groups is 2. The summed E-state index contributed by atoms with van der Waals surface area (Å²) in [5.41, 5.74) is 2.53. The van der Waals surface area contributed by atoms with Crippen molar-refractivity contribution in [1.82, 2.24) is 4.90 Å². The average Bonchev–Trinajstić information content (AvgIpc) is 3.18. The van der Waals surface area contributed by atoms with Gasteiger partial charge in [-0.2, -0.15) is 0 Å². The number of ether oxygens (including phenoxy) is 1. The summed E-state index contributed by atoms with van der Waals surface area (Å²) in [6.07, 6.45) is 3.25. The first-order valence-electron chi connectivity index (χ1n) is 10.4. The lowest BCUT2D eigenvalue weighted by Crippen LogP contribution is -2.40. The lowest BCUT2D eigenvalue weighted by atomic mass is 10.1. The SMILES string of the molecule is CC(=O)Nc1ccc(-c2cc3cccc(C(=O)OC(C)N4CCCCC4)c3o2)cc1. The minimum absolute atomic E-state index is 0.117. The third-order valence-electron chi connectivity index (χ3n) is 5.44. The molecule has 1 atom stereocenters. The Morgan fingerprint density at radius 3 is 2.50 bits per heavy atom. The van der Waals surface area contributed by atoms with Gasteiger partial charge >= 0.3 is 5.97 Å². The molecule has 6 heteroatoms. The minimum Gasteiger partial charge on any atom is -0.455 e. The molecule has 1 N–H and O–H groups in total. The number of carbonyl (C=O) groups excluding carboxylic acids is 2. The first-order chi connectivity index (χ1) is 14.5. The number of likely N-dealkylation sites (tertiary alicyclic amines) is 1. The number of benzene rings is 2. The Hall–Kier alpha value is -3.12. The van der Waals surface area contributed by atoms with E-state index in [4.69, 9.17) is 9.15 Å². The molecular weight excluding hydrogens is 380 g/mol. The smallest absolute Gasteiger partial charge is 0.343 e. The molecule has 2 heterocycles. The minimum atomic E-state index is -0.374. The van der Waals surface area contributed by atoms with Crippen molar-refractivity contribution in [2.45, 2.75) is 39.3 Å². The van der Waals surface area contributed by atoms with Gasteiger partial charge in [-0.15, -0.1) is 0 Å². The number of hydrogen-bond acceptors (Lipinski definition) is 5. The number of furan rings is 1. The van der Waals surface area contributed by atoms with Crippen molar-refractivity contribution in [3.63, 3.8) is 0 Å². The molecule has 0 bridgehead atoms. The van der Waals surface area contributed by atoms with Crippen LogP contribution in [-0.2, 0) is 9.53 Å². The first kappa shape index (κ1) is 20.2. The molecule has 30 heavy (non-hydrogen) atoms. The van der Waals surface area contributed by atoms with Crippen molar-refractivity contribution in [2.24, 2.45) is 0 Å². The van der Waals surface area contributed by atoms with Crippen LogP contribution in [0.2, 0.25) is 0 Å². The van der Waals surface area contributed by atoms with Gasteiger partial charge in [-0.3, -0.25) is 9.69 Å². The van der Waals surface area contributed by atoms with Crippen LogP contribution in [0.1, 0.15) is 43.5 Å². The van der Waals surface area contributed by atoms with Crippen LogP contribution in [0.5, 0.6) is 0 Å². The lowest BCUT2D eigenvalue weighted by molar-refractivity contribution is -0.114. The quantitative estimate of drug-likeness (QED) is 0.601. The molecule has 1 fully saturated rings. The Bertz CT molecular complexity index is 1050. The standard InChI is InChI=1S/C24H26N2O4/c1-16(27)25-20-11-9-18(10-12-20)22-15-19-7-6-8-21(23(19)30-22)24(28)29-17(2)26-13-4-3-5-14-26/h6-12,15,17H,3-5,13-14H2,1-2H3,(H,25,27). The lowest BCUT2D eigenvalue weighted by Gasteiger charge is -2.31. The zero-order valence-corrected chi connectivity index (χ0v) is 17.3. The molecule has 1 aliphatic heterocycles. The van der Waals surface area contributed by atoms with E-state index in [-0.39, 0.29) is 18.1 Å². The van der Waals surface area contributed by atoms with Gasteiger partial charge in [-0.25, -0.2) is 4.79 Å². The van der Waals surface area contributed by atoms with E-state index in [1.54, 1.807) is 6.07 Å². The first-order valence-corrected chi connectivity index (χ1v) is 10.4. The van der Waals surface area contributed by atoms with Crippen molar-refractivity contribution in [2.75, 3.05) is 18.4 Å². The van der Waals surface area contributed by atoms with Gasteiger partial charge in [-0.05, 0) is 56.2 Å². The number of rotatable bonds is 5. The predicted molar refractivity (Wildman–Crippen MR) is 116 cm³/mol.